The first-order valence-corrected chi connectivity index (χ1v) is 21.4. The maximum atomic E-state index is 2.37. The van der Waals surface area contributed by atoms with Gasteiger partial charge in [-0.05, 0) is 146 Å². The van der Waals surface area contributed by atoms with Gasteiger partial charge in [0.2, 0.25) is 0 Å². The van der Waals surface area contributed by atoms with Gasteiger partial charge in [-0.15, -0.1) is 0 Å². The highest BCUT2D eigenvalue weighted by atomic mass is 14.2. The molecule has 290 valence electrons. The first-order valence-electron chi connectivity index (χ1n) is 21.4. The van der Waals surface area contributed by atoms with E-state index in [0.717, 1.165) is 0 Å². The van der Waals surface area contributed by atoms with Crippen molar-refractivity contribution in [3.05, 3.63) is 276 Å². The Kier molecular flexibility index (Phi) is 9.65. The fourth-order valence-electron chi connectivity index (χ4n) is 9.24. The molecule has 0 amide bonds. The lowest BCUT2D eigenvalue weighted by Gasteiger charge is -2.18. The van der Waals surface area contributed by atoms with E-state index in [-0.39, 0.29) is 0 Å². The van der Waals surface area contributed by atoms with Crippen molar-refractivity contribution >= 4 is 66.4 Å². The van der Waals surface area contributed by atoms with E-state index < -0.39 is 0 Å². The molecule has 11 aromatic carbocycles. The second-order valence-electron chi connectivity index (χ2n) is 16.1. The number of hydrogen-bond donors (Lipinski definition) is 0. The van der Waals surface area contributed by atoms with Crippen LogP contribution in [0.1, 0.15) is 33.4 Å². The summed E-state index contributed by atoms with van der Waals surface area (Å²) < 4.78 is 0. The third kappa shape index (κ3) is 7.08. The zero-order valence-corrected chi connectivity index (χ0v) is 34.2. The minimum absolute atomic E-state index is 1.18. The maximum absolute atomic E-state index is 2.37. The van der Waals surface area contributed by atoms with Gasteiger partial charge in [-0.1, -0.05) is 218 Å². The largest absolute Gasteiger partial charge is 0.0622 e. The van der Waals surface area contributed by atoms with Gasteiger partial charge in [0.05, 0.1) is 0 Å². The highest BCUT2D eigenvalue weighted by Gasteiger charge is 2.17. The van der Waals surface area contributed by atoms with Gasteiger partial charge in [-0.2, -0.15) is 0 Å². The summed E-state index contributed by atoms with van der Waals surface area (Å²) in [7, 11) is 0. The van der Waals surface area contributed by atoms with Crippen molar-refractivity contribution in [1.29, 1.82) is 0 Å². The highest BCUT2D eigenvalue weighted by Crippen LogP contribution is 2.45. The van der Waals surface area contributed by atoms with Crippen LogP contribution >= 0.6 is 0 Å². The van der Waals surface area contributed by atoms with Crippen LogP contribution in [-0.2, 0) is 0 Å². The number of rotatable bonds is 8. The fraction of sp³-hybridized carbons (Fsp3) is 0. The smallest absolute Gasteiger partial charge is 0.00262 e. The molecule has 0 nitrogen and oxygen atoms in total. The molecule has 0 aromatic heterocycles. The Morgan fingerprint density at radius 2 is 0.516 bits per heavy atom. The molecule has 0 fully saturated rings. The molecule has 0 aliphatic carbocycles. The van der Waals surface area contributed by atoms with Crippen molar-refractivity contribution in [2.45, 2.75) is 0 Å². The molecule has 0 N–H and O–H groups in total. The quantitative estimate of drug-likeness (QED) is 0.106. The number of benzene rings is 11. The van der Waals surface area contributed by atoms with Crippen molar-refractivity contribution in [1.82, 2.24) is 0 Å². The third-order valence-electron chi connectivity index (χ3n) is 12.2. The van der Waals surface area contributed by atoms with Crippen LogP contribution in [0.3, 0.4) is 0 Å². The van der Waals surface area contributed by atoms with Crippen LogP contribution in [0, 0.1) is 0 Å². The summed E-state index contributed by atoms with van der Waals surface area (Å²) in [6.07, 6.45) is 4.63. The molecule has 0 saturated heterocycles. The first-order chi connectivity index (χ1) is 30.7. The molecule has 11 aromatic rings. The van der Waals surface area contributed by atoms with Gasteiger partial charge in [-0.25, -0.2) is 0 Å². The van der Waals surface area contributed by atoms with Crippen LogP contribution in [-0.4, -0.2) is 0 Å². The van der Waals surface area contributed by atoms with Crippen LogP contribution in [0.4, 0.5) is 0 Å². The highest BCUT2D eigenvalue weighted by molar-refractivity contribution is 6.22. The van der Waals surface area contributed by atoms with E-state index in [1.807, 2.05) is 0 Å². The Balaban J connectivity index is 0.993. The molecular formula is C62H42. The van der Waals surface area contributed by atoms with Crippen LogP contribution in [0.15, 0.2) is 243 Å². The summed E-state index contributed by atoms with van der Waals surface area (Å²) in [6.45, 7) is 0. The van der Waals surface area contributed by atoms with Gasteiger partial charge < -0.3 is 0 Å². The Bertz CT molecular complexity index is 3090. The molecule has 0 spiro atoms. The second kappa shape index (κ2) is 16.2. The molecule has 0 atom stereocenters. The molecule has 0 unspecified atom stereocenters. The summed E-state index contributed by atoms with van der Waals surface area (Å²) in [5.41, 5.74) is 14.6. The van der Waals surface area contributed by atoms with E-state index >= 15 is 0 Å². The van der Waals surface area contributed by atoms with Crippen molar-refractivity contribution in [2.75, 3.05) is 0 Å². The number of hydrogen-bond acceptors (Lipinski definition) is 0. The second-order valence-corrected chi connectivity index (χ2v) is 16.1. The molecule has 0 heterocycles. The van der Waals surface area contributed by atoms with Gasteiger partial charge in [0.15, 0.2) is 0 Å². The lowest BCUT2D eigenvalue weighted by atomic mass is 9.85. The van der Waals surface area contributed by atoms with Crippen LogP contribution in [0.25, 0.3) is 88.6 Å². The van der Waals surface area contributed by atoms with E-state index in [1.54, 1.807) is 0 Å². The fourth-order valence-corrected chi connectivity index (χ4v) is 9.24. The third-order valence-corrected chi connectivity index (χ3v) is 12.2. The molecule has 0 radical (unpaired) electrons. The molecule has 0 bridgehead atoms. The Hall–Kier alpha value is -8.06. The predicted molar refractivity (Wildman–Crippen MR) is 267 cm³/mol. The summed E-state index contributed by atoms with van der Waals surface area (Å²) >= 11 is 0. The van der Waals surface area contributed by atoms with Gasteiger partial charge in [0.1, 0.15) is 0 Å². The van der Waals surface area contributed by atoms with Crippen molar-refractivity contribution in [3.8, 4) is 22.3 Å². The van der Waals surface area contributed by atoms with E-state index in [4.69, 9.17) is 0 Å². The molecule has 0 heteroatoms. The van der Waals surface area contributed by atoms with Crippen molar-refractivity contribution < 1.29 is 0 Å². The van der Waals surface area contributed by atoms with Gasteiger partial charge in [0.25, 0.3) is 0 Å². The minimum Gasteiger partial charge on any atom is -0.0622 e. The van der Waals surface area contributed by atoms with Crippen molar-refractivity contribution in [2.24, 2.45) is 0 Å². The molecule has 11 rings (SSSR count). The molecular weight excluding hydrogens is 745 g/mol. The average Bonchev–Trinajstić information content (AvgIpc) is 3.35. The molecule has 62 heavy (non-hydrogen) atoms. The van der Waals surface area contributed by atoms with Crippen molar-refractivity contribution in [3.63, 3.8) is 0 Å². The zero-order valence-electron chi connectivity index (χ0n) is 34.2. The normalized spacial score (nSPS) is 11.2. The van der Waals surface area contributed by atoms with E-state index in [1.165, 1.54) is 110 Å². The summed E-state index contributed by atoms with van der Waals surface area (Å²) in [4.78, 5) is 0. The van der Waals surface area contributed by atoms with Crippen LogP contribution in [0.2, 0.25) is 0 Å². The SMILES string of the molecule is C(=C(c1ccccc1)c1ccccc1)c1ccc2cc(-c3c4ccccc4c(-c4ccc5cc(C=C(c6ccccc6)c6ccccc6)ccc5c4)c4ccccc34)ccc2c1. The van der Waals surface area contributed by atoms with Crippen LogP contribution < -0.4 is 0 Å². The summed E-state index contributed by atoms with van der Waals surface area (Å²) in [5, 5.41) is 9.91. The Labute approximate surface area is 363 Å². The zero-order chi connectivity index (χ0) is 41.2. The Morgan fingerprint density at radius 1 is 0.242 bits per heavy atom. The van der Waals surface area contributed by atoms with Gasteiger partial charge in [-0.3, -0.25) is 0 Å². The van der Waals surface area contributed by atoms with Gasteiger partial charge >= 0.3 is 0 Å². The lowest BCUT2D eigenvalue weighted by molar-refractivity contribution is 1.55. The van der Waals surface area contributed by atoms with E-state index in [9.17, 15) is 0 Å². The van der Waals surface area contributed by atoms with E-state index in [0.29, 0.717) is 0 Å². The molecule has 0 aliphatic rings. The standard InChI is InChI=1S/C62H42/c1-5-17-45(18-6-1)59(46-19-7-2-8-20-46)39-43-29-31-51-41-53(35-33-49(51)37-43)61-55-25-13-15-27-57(55)62(58-28-16-14-26-56(58)61)54-36-34-50-38-44(30-32-52(50)42-54)40-60(47-21-9-3-10-22-47)48-23-11-4-12-24-48/h1-42H. The maximum Gasteiger partial charge on any atom is -0.00262 e. The molecule has 0 aliphatic heterocycles. The number of fused-ring (bicyclic) bond motifs is 4. The predicted octanol–water partition coefficient (Wildman–Crippen LogP) is 16.8. The lowest BCUT2D eigenvalue weighted by Crippen LogP contribution is -1.91. The minimum atomic E-state index is 1.18. The average molecular weight is 787 g/mol. The monoisotopic (exact) mass is 786 g/mol. The summed E-state index contributed by atoms with van der Waals surface area (Å²) in [5.74, 6) is 0. The van der Waals surface area contributed by atoms with E-state index in [2.05, 4.69) is 255 Å². The van der Waals surface area contributed by atoms with Gasteiger partial charge in [0, 0.05) is 0 Å². The Morgan fingerprint density at radius 3 is 0.839 bits per heavy atom. The molecule has 0 saturated carbocycles. The first kappa shape index (κ1) is 37.0. The summed E-state index contributed by atoms with van der Waals surface area (Å²) in [6, 6.07) is 88.2. The topological polar surface area (TPSA) is 0 Å². The van der Waals surface area contributed by atoms with Crippen LogP contribution in [0.5, 0.6) is 0 Å².